The summed E-state index contributed by atoms with van der Waals surface area (Å²) in [5.41, 5.74) is 1.34. The molecule has 7 nitrogen and oxygen atoms in total. The van der Waals surface area contributed by atoms with Crippen LogP contribution in [0.1, 0.15) is 37.1 Å². The van der Waals surface area contributed by atoms with Gasteiger partial charge in [-0.05, 0) is 37.3 Å². The lowest BCUT2D eigenvalue weighted by atomic mass is 9.93. The summed E-state index contributed by atoms with van der Waals surface area (Å²) >= 11 is 0. The number of benzene rings is 1. The maximum absolute atomic E-state index is 12.7. The number of piperazine rings is 1. The number of likely N-dealkylation sites (tertiary alicyclic amines) is 1. The van der Waals surface area contributed by atoms with Crippen LogP contribution in [-0.4, -0.2) is 70.0 Å². The molecule has 4 rings (SSSR count). The minimum Gasteiger partial charge on any atom is -0.343 e. The zero-order chi connectivity index (χ0) is 19.9. The van der Waals surface area contributed by atoms with E-state index in [0.717, 1.165) is 64.6 Å². The molecule has 0 bridgehead atoms. The highest BCUT2D eigenvalue weighted by molar-refractivity contribution is 5.76. The Kier molecular flexibility index (Phi) is 6.90. The topological polar surface area (TPSA) is 65.7 Å². The molecule has 156 valence electrons. The van der Waals surface area contributed by atoms with Crippen LogP contribution in [0.3, 0.4) is 0 Å². The minimum absolute atomic E-state index is 0.319. The van der Waals surface area contributed by atoms with Crippen molar-refractivity contribution in [3.63, 3.8) is 0 Å². The van der Waals surface area contributed by atoms with E-state index in [1.165, 1.54) is 24.8 Å². The number of carbonyl (C=O) groups is 1. The number of hydrogen-bond donors (Lipinski definition) is 0. The van der Waals surface area contributed by atoms with E-state index in [4.69, 9.17) is 4.52 Å². The standard InChI is InChI=1S/C22H31N5O2/c28-22(27-13-11-25(12-14-27)15-19-5-2-1-3-6-19)9-8-20-7-4-10-26(16-20)17-21-23-18-29-24-21/h1-3,5-6,18,20H,4,7-17H2/t20-/m1/s1. The molecular weight excluding hydrogens is 366 g/mol. The molecular formula is C22H31N5O2. The summed E-state index contributed by atoms with van der Waals surface area (Å²) in [6.45, 7) is 7.42. The molecule has 2 fully saturated rings. The van der Waals surface area contributed by atoms with Gasteiger partial charge in [0.15, 0.2) is 5.82 Å². The average Bonchev–Trinajstić information content (AvgIpc) is 3.27. The second kappa shape index (κ2) is 9.98. The third-order valence-electron chi connectivity index (χ3n) is 6.12. The van der Waals surface area contributed by atoms with Crippen LogP contribution in [-0.2, 0) is 17.9 Å². The Morgan fingerprint density at radius 2 is 1.86 bits per heavy atom. The third kappa shape index (κ3) is 5.87. The monoisotopic (exact) mass is 397 g/mol. The van der Waals surface area contributed by atoms with Gasteiger partial charge in [0.1, 0.15) is 0 Å². The summed E-state index contributed by atoms with van der Waals surface area (Å²) < 4.78 is 4.83. The molecule has 2 aliphatic heterocycles. The molecule has 1 amide bonds. The molecule has 1 aromatic carbocycles. The van der Waals surface area contributed by atoms with Gasteiger partial charge in [-0.1, -0.05) is 35.5 Å². The van der Waals surface area contributed by atoms with E-state index in [1.54, 1.807) is 0 Å². The fourth-order valence-corrected chi connectivity index (χ4v) is 4.48. The SMILES string of the molecule is O=C(CC[C@H]1CCCN(Cc2ncon2)C1)N1CCN(Cc2ccccc2)CC1. The van der Waals surface area contributed by atoms with Crippen molar-refractivity contribution in [1.82, 2.24) is 24.8 Å². The van der Waals surface area contributed by atoms with E-state index in [0.29, 0.717) is 18.2 Å². The largest absolute Gasteiger partial charge is 0.343 e. The molecule has 7 heteroatoms. The Morgan fingerprint density at radius 3 is 2.62 bits per heavy atom. The van der Waals surface area contributed by atoms with E-state index in [2.05, 4.69) is 55.2 Å². The minimum atomic E-state index is 0.319. The van der Waals surface area contributed by atoms with Crippen LogP contribution in [0.4, 0.5) is 0 Å². The van der Waals surface area contributed by atoms with Gasteiger partial charge in [0, 0.05) is 45.7 Å². The molecule has 2 aromatic rings. The number of rotatable bonds is 7. The average molecular weight is 398 g/mol. The maximum atomic E-state index is 12.7. The van der Waals surface area contributed by atoms with Crippen LogP contribution >= 0.6 is 0 Å². The Hall–Kier alpha value is -2.25. The molecule has 0 spiro atoms. The zero-order valence-corrected chi connectivity index (χ0v) is 17.1. The highest BCUT2D eigenvalue weighted by atomic mass is 16.5. The molecule has 0 saturated carbocycles. The Morgan fingerprint density at radius 1 is 1.03 bits per heavy atom. The smallest absolute Gasteiger partial charge is 0.222 e. The molecule has 2 aliphatic rings. The van der Waals surface area contributed by atoms with Gasteiger partial charge in [0.2, 0.25) is 12.3 Å². The van der Waals surface area contributed by atoms with Crippen molar-refractivity contribution < 1.29 is 9.32 Å². The number of nitrogens with zero attached hydrogens (tertiary/aromatic N) is 5. The Labute approximate surface area is 172 Å². The van der Waals surface area contributed by atoms with Crippen molar-refractivity contribution in [2.24, 2.45) is 5.92 Å². The number of amides is 1. The molecule has 0 radical (unpaired) electrons. The van der Waals surface area contributed by atoms with Gasteiger partial charge in [0.05, 0.1) is 6.54 Å². The third-order valence-corrected chi connectivity index (χ3v) is 6.12. The summed E-state index contributed by atoms with van der Waals surface area (Å²) in [5.74, 6) is 1.65. The van der Waals surface area contributed by atoms with Gasteiger partial charge < -0.3 is 9.42 Å². The van der Waals surface area contributed by atoms with E-state index in [1.807, 2.05) is 0 Å². The van der Waals surface area contributed by atoms with Crippen LogP contribution in [0.2, 0.25) is 0 Å². The lowest BCUT2D eigenvalue weighted by molar-refractivity contribution is -0.133. The van der Waals surface area contributed by atoms with E-state index in [-0.39, 0.29) is 0 Å². The molecule has 0 unspecified atom stereocenters. The van der Waals surface area contributed by atoms with Crippen molar-refractivity contribution in [3.05, 3.63) is 48.1 Å². The van der Waals surface area contributed by atoms with Gasteiger partial charge in [0.25, 0.3) is 0 Å². The highest BCUT2D eigenvalue weighted by Gasteiger charge is 2.24. The molecule has 0 N–H and O–H groups in total. The van der Waals surface area contributed by atoms with Gasteiger partial charge in [-0.15, -0.1) is 0 Å². The van der Waals surface area contributed by atoms with Gasteiger partial charge in [-0.2, -0.15) is 4.98 Å². The fraction of sp³-hybridized carbons (Fsp3) is 0.591. The number of aromatic nitrogens is 2. The predicted molar refractivity (Wildman–Crippen MR) is 110 cm³/mol. The van der Waals surface area contributed by atoms with Crippen LogP contribution in [0.15, 0.2) is 41.2 Å². The molecule has 3 heterocycles. The van der Waals surface area contributed by atoms with Crippen LogP contribution in [0.5, 0.6) is 0 Å². The van der Waals surface area contributed by atoms with Crippen molar-refractivity contribution in [3.8, 4) is 0 Å². The molecule has 0 aliphatic carbocycles. The van der Waals surface area contributed by atoms with Gasteiger partial charge in [-0.3, -0.25) is 14.6 Å². The second-order valence-corrected chi connectivity index (χ2v) is 8.27. The quantitative estimate of drug-likeness (QED) is 0.715. The fourth-order valence-electron chi connectivity index (χ4n) is 4.48. The first kappa shape index (κ1) is 20.0. The lowest BCUT2D eigenvalue weighted by Crippen LogP contribution is -2.48. The maximum Gasteiger partial charge on any atom is 0.222 e. The van der Waals surface area contributed by atoms with Gasteiger partial charge in [-0.25, -0.2) is 0 Å². The van der Waals surface area contributed by atoms with E-state index < -0.39 is 0 Å². The van der Waals surface area contributed by atoms with Crippen LogP contribution in [0, 0.1) is 5.92 Å². The molecule has 1 atom stereocenters. The first-order valence-corrected chi connectivity index (χ1v) is 10.8. The van der Waals surface area contributed by atoms with Crippen LogP contribution < -0.4 is 0 Å². The van der Waals surface area contributed by atoms with Gasteiger partial charge >= 0.3 is 0 Å². The van der Waals surface area contributed by atoms with Crippen molar-refractivity contribution >= 4 is 5.91 Å². The summed E-state index contributed by atoms with van der Waals surface area (Å²) in [4.78, 5) is 23.7. The Bertz CT molecular complexity index is 744. The lowest BCUT2D eigenvalue weighted by Gasteiger charge is -2.35. The molecule has 1 aromatic heterocycles. The van der Waals surface area contributed by atoms with Crippen molar-refractivity contribution in [2.45, 2.75) is 38.8 Å². The zero-order valence-electron chi connectivity index (χ0n) is 17.1. The number of carbonyl (C=O) groups excluding carboxylic acids is 1. The summed E-state index contributed by atoms with van der Waals surface area (Å²) in [5, 5.41) is 3.91. The van der Waals surface area contributed by atoms with Crippen molar-refractivity contribution in [1.29, 1.82) is 0 Å². The van der Waals surface area contributed by atoms with E-state index >= 15 is 0 Å². The molecule has 2 saturated heterocycles. The van der Waals surface area contributed by atoms with Crippen LogP contribution in [0.25, 0.3) is 0 Å². The second-order valence-electron chi connectivity index (χ2n) is 8.27. The Balaban J connectivity index is 1.16. The molecule has 29 heavy (non-hydrogen) atoms. The normalized spacial score (nSPS) is 21.4. The number of hydrogen-bond acceptors (Lipinski definition) is 6. The van der Waals surface area contributed by atoms with Crippen molar-refractivity contribution in [2.75, 3.05) is 39.3 Å². The summed E-state index contributed by atoms with van der Waals surface area (Å²) in [6, 6.07) is 10.6. The first-order chi connectivity index (χ1) is 14.3. The summed E-state index contributed by atoms with van der Waals surface area (Å²) in [7, 11) is 0. The van der Waals surface area contributed by atoms with E-state index in [9.17, 15) is 4.79 Å². The summed E-state index contributed by atoms with van der Waals surface area (Å²) in [6.07, 6.45) is 5.41. The predicted octanol–water partition coefficient (Wildman–Crippen LogP) is 2.41. The highest BCUT2D eigenvalue weighted by Crippen LogP contribution is 2.22. The number of piperidine rings is 1. The first-order valence-electron chi connectivity index (χ1n) is 10.8.